The van der Waals surface area contributed by atoms with Crippen LogP contribution in [0.25, 0.3) is 0 Å². The van der Waals surface area contributed by atoms with Crippen LogP contribution in [0.15, 0.2) is 14.7 Å². The van der Waals surface area contributed by atoms with Crippen molar-refractivity contribution >= 4 is 43.3 Å². The van der Waals surface area contributed by atoms with Crippen LogP contribution in [0.4, 0.5) is 0 Å². The molecule has 1 N–H and O–H groups in total. The summed E-state index contributed by atoms with van der Waals surface area (Å²) in [5.74, 6) is -0.575. The number of methoxy groups -OCH3 is 1. The summed E-state index contributed by atoms with van der Waals surface area (Å²) in [6.07, 6.45) is -0.211. The Labute approximate surface area is 123 Å². The van der Waals surface area contributed by atoms with E-state index < -0.39 is 22.1 Å². The molecule has 6 nitrogen and oxygen atoms in total. The number of esters is 1. The third-order valence-corrected chi connectivity index (χ3v) is 6.88. The van der Waals surface area contributed by atoms with Gasteiger partial charge in [-0.25, -0.2) is 13.2 Å². The Hall–Kier alpha value is -0.480. The lowest BCUT2D eigenvalue weighted by molar-refractivity contribution is 0.0606. The highest BCUT2D eigenvalue weighted by atomic mass is 79.9. The molecule has 2 rings (SSSR count). The largest absolute Gasteiger partial charge is 0.465 e. The van der Waals surface area contributed by atoms with Gasteiger partial charge in [-0.1, -0.05) is 0 Å². The number of carbonyl (C=O) groups is 1. The van der Waals surface area contributed by atoms with Crippen molar-refractivity contribution in [1.29, 1.82) is 0 Å². The Kier molecular flexibility index (Phi) is 4.31. The molecule has 0 spiro atoms. The predicted molar refractivity (Wildman–Crippen MR) is 72.7 cm³/mol. The fraction of sp³-hybridized carbons (Fsp3) is 0.500. The van der Waals surface area contributed by atoms with Gasteiger partial charge in [-0.15, -0.1) is 11.3 Å². The normalized spacial score (nSPS) is 20.7. The van der Waals surface area contributed by atoms with Crippen LogP contribution in [-0.4, -0.2) is 50.1 Å². The number of β-amino-alcohol motifs (C(OH)–C–C–N with tert-alkyl or cyclic N) is 1. The van der Waals surface area contributed by atoms with Crippen molar-refractivity contribution in [1.82, 2.24) is 4.31 Å². The lowest BCUT2D eigenvalue weighted by Gasteiger charge is -2.14. The van der Waals surface area contributed by atoms with Gasteiger partial charge in [0.05, 0.1) is 17.0 Å². The van der Waals surface area contributed by atoms with Crippen molar-refractivity contribution in [2.75, 3.05) is 20.2 Å². The van der Waals surface area contributed by atoms with Gasteiger partial charge in [0.25, 0.3) is 0 Å². The van der Waals surface area contributed by atoms with Gasteiger partial charge in [-0.05, 0) is 28.4 Å². The Bertz CT molecular complexity index is 597. The van der Waals surface area contributed by atoms with Gasteiger partial charge >= 0.3 is 5.97 Å². The number of ether oxygens (including phenoxy) is 1. The molecule has 0 unspecified atom stereocenters. The maximum atomic E-state index is 12.4. The lowest BCUT2D eigenvalue weighted by Crippen LogP contribution is -2.29. The van der Waals surface area contributed by atoms with Crippen LogP contribution >= 0.6 is 27.3 Å². The van der Waals surface area contributed by atoms with E-state index in [1.54, 1.807) is 0 Å². The summed E-state index contributed by atoms with van der Waals surface area (Å²) < 4.78 is 30.9. The van der Waals surface area contributed by atoms with E-state index in [2.05, 4.69) is 20.7 Å². The summed E-state index contributed by atoms with van der Waals surface area (Å²) >= 11 is 4.16. The number of hydrogen-bond donors (Lipinski definition) is 1. The smallest absolute Gasteiger partial charge is 0.348 e. The number of carbonyl (C=O) groups excluding carboxylic acids is 1. The Morgan fingerprint density at radius 3 is 2.84 bits per heavy atom. The van der Waals surface area contributed by atoms with Crippen LogP contribution in [0.1, 0.15) is 16.1 Å². The first-order chi connectivity index (χ1) is 8.86. The molecule has 0 radical (unpaired) electrons. The number of aliphatic hydroxyl groups excluding tert-OH is 1. The van der Waals surface area contributed by atoms with Crippen LogP contribution in [0.2, 0.25) is 0 Å². The van der Waals surface area contributed by atoms with E-state index in [4.69, 9.17) is 0 Å². The monoisotopic (exact) mass is 369 g/mol. The van der Waals surface area contributed by atoms with Crippen LogP contribution in [0.3, 0.4) is 0 Å². The summed E-state index contributed by atoms with van der Waals surface area (Å²) in [5.41, 5.74) is 0. The predicted octanol–water partition coefficient (Wildman–Crippen LogP) is 1.05. The molecule has 0 aliphatic carbocycles. The lowest BCUT2D eigenvalue weighted by atomic mass is 10.3. The quantitative estimate of drug-likeness (QED) is 0.805. The highest BCUT2D eigenvalue weighted by Gasteiger charge is 2.34. The van der Waals surface area contributed by atoms with Gasteiger partial charge in [0.15, 0.2) is 0 Å². The number of hydrogen-bond acceptors (Lipinski definition) is 6. The minimum atomic E-state index is -3.69. The molecule has 1 aliphatic rings. The summed E-state index contributed by atoms with van der Waals surface area (Å²) in [4.78, 5) is 11.6. The molecule has 1 aromatic heterocycles. The maximum absolute atomic E-state index is 12.4. The SMILES string of the molecule is COC(=O)c1cc(S(=O)(=O)N2CC[C@@H](O)C2)c(Br)s1. The Morgan fingerprint density at radius 1 is 1.63 bits per heavy atom. The second kappa shape index (κ2) is 5.49. The minimum Gasteiger partial charge on any atom is -0.465 e. The van der Waals surface area contributed by atoms with Crippen molar-refractivity contribution in [3.8, 4) is 0 Å². The van der Waals surface area contributed by atoms with Crippen molar-refractivity contribution in [3.63, 3.8) is 0 Å². The van der Waals surface area contributed by atoms with Gasteiger partial charge in [0.1, 0.15) is 9.77 Å². The maximum Gasteiger partial charge on any atom is 0.348 e. The van der Waals surface area contributed by atoms with E-state index in [1.165, 1.54) is 17.5 Å². The molecule has 9 heteroatoms. The number of aliphatic hydroxyl groups is 1. The molecular weight excluding hydrogens is 358 g/mol. The average molecular weight is 370 g/mol. The number of sulfonamides is 1. The second-order valence-electron chi connectivity index (χ2n) is 4.05. The van der Waals surface area contributed by atoms with Crippen molar-refractivity contribution in [2.24, 2.45) is 0 Å². The standard InChI is InChI=1S/C10H12BrNO5S2/c1-17-10(14)7-4-8(9(11)18-7)19(15,16)12-3-2-6(13)5-12/h4,6,13H,2-3,5H2,1H3/t6-/m1/s1. The first-order valence-electron chi connectivity index (χ1n) is 5.42. The number of nitrogens with zero attached hydrogens (tertiary/aromatic N) is 1. The number of rotatable bonds is 3. The molecular formula is C10H12BrNO5S2. The zero-order chi connectivity index (χ0) is 14.2. The van der Waals surface area contributed by atoms with E-state index in [0.717, 1.165) is 11.3 Å². The molecule has 19 heavy (non-hydrogen) atoms. The summed E-state index contributed by atoms with van der Waals surface area (Å²) in [5, 5.41) is 9.42. The number of thiophene rings is 1. The van der Waals surface area contributed by atoms with E-state index in [0.29, 0.717) is 10.2 Å². The van der Waals surface area contributed by atoms with E-state index in [-0.39, 0.29) is 22.9 Å². The topological polar surface area (TPSA) is 83.9 Å². The van der Waals surface area contributed by atoms with Crippen LogP contribution in [0.5, 0.6) is 0 Å². The van der Waals surface area contributed by atoms with Crippen LogP contribution < -0.4 is 0 Å². The average Bonchev–Trinajstić information content (AvgIpc) is 2.95. The molecule has 106 valence electrons. The van der Waals surface area contributed by atoms with Gasteiger partial charge in [-0.2, -0.15) is 4.31 Å². The highest BCUT2D eigenvalue weighted by Crippen LogP contribution is 2.34. The Morgan fingerprint density at radius 2 is 2.32 bits per heavy atom. The van der Waals surface area contributed by atoms with Crippen molar-refractivity contribution in [2.45, 2.75) is 17.4 Å². The fourth-order valence-electron chi connectivity index (χ4n) is 1.80. The second-order valence-corrected chi connectivity index (χ2v) is 8.32. The molecule has 2 heterocycles. The van der Waals surface area contributed by atoms with Gasteiger partial charge in [0.2, 0.25) is 10.0 Å². The fourth-order valence-corrected chi connectivity index (χ4v) is 5.72. The highest BCUT2D eigenvalue weighted by molar-refractivity contribution is 9.11. The summed E-state index contributed by atoms with van der Waals surface area (Å²) in [7, 11) is -2.46. The van der Waals surface area contributed by atoms with E-state index in [1.807, 2.05) is 0 Å². The van der Waals surface area contributed by atoms with Crippen LogP contribution in [0, 0.1) is 0 Å². The molecule has 0 bridgehead atoms. The zero-order valence-electron chi connectivity index (χ0n) is 10.00. The third-order valence-electron chi connectivity index (χ3n) is 2.79. The summed E-state index contributed by atoms with van der Waals surface area (Å²) in [6, 6.07) is 1.29. The molecule has 1 fully saturated rings. The van der Waals surface area contributed by atoms with E-state index in [9.17, 15) is 18.3 Å². The van der Waals surface area contributed by atoms with Gasteiger partial charge < -0.3 is 9.84 Å². The zero-order valence-corrected chi connectivity index (χ0v) is 13.2. The molecule has 1 aliphatic heterocycles. The van der Waals surface area contributed by atoms with Gasteiger partial charge in [0, 0.05) is 13.1 Å². The van der Waals surface area contributed by atoms with E-state index >= 15 is 0 Å². The molecule has 0 amide bonds. The number of halogens is 1. The first-order valence-corrected chi connectivity index (χ1v) is 8.47. The van der Waals surface area contributed by atoms with Crippen LogP contribution in [-0.2, 0) is 14.8 Å². The van der Waals surface area contributed by atoms with Crippen molar-refractivity contribution in [3.05, 3.63) is 14.7 Å². The minimum absolute atomic E-state index is 0.0343. The summed E-state index contributed by atoms with van der Waals surface area (Å²) in [6.45, 7) is 0.359. The van der Waals surface area contributed by atoms with Gasteiger partial charge in [-0.3, -0.25) is 0 Å². The molecule has 1 aromatic rings. The third kappa shape index (κ3) is 2.84. The molecule has 1 saturated heterocycles. The van der Waals surface area contributed by atoms with Crippen molar-refractivity contribution < 1.29 is 23.1 Å². The molecule has 0 aromatic carbocycles. The Balaban J connectivity index is 2.36. The first kappa shape index (κ1) is 14.9. The molecule has 1 atom stereocenters. The molecule has 0 saturated carbocycles.